The van der Waals surface area contributed by atoms with Gasteiger partial charge in [0.15, 0.2) is 0 Å². The van der Waals surface area contributed by atoms with Crippen molar-refractivity contribution in [3.8, 4) is 0 Å². The normalized spacial score (nSPS) is 13.6. The molecular weight excluding hydrogens is 278 g/mol. The molecule has 0 unspecified atom stereocenters. The van der Waals surface area contributed by atoms with Crippen LogP contribution in [0.5, 0.6) is 0 Å². The number of amides is 1. The van der Waals surface area contributed by atoms with Crippen LogP contribution in [0.3, 0.4) is 0 Å². The highest BCUT2D eigenvalue weighted by Crippen LogP contribution is 2.21. The molecule has 1 aromatic carbocycles. The molecule has 2 atom stereocenters. The van der Waals surface area contributed by atoms with Crippen molar-refractivity contribution in [2.24, 2.45) is 5.92 Å². The summed E-state index contributed by atoms with van der Waals surface area (Å²) in [6, 6.07) is 8.87. The van der Waals surface area contributed by atoms with Gasteiger partial charge in [-0.25, -0.2) is 0 Å². The van der Waals surface area contributed by atoms with Crippen molar-refractivity contribution in [2.45, 2.75) is 58.5 Å². The fourth-order valence-electron chi connectivity index (χ4n) is 2.71. The van der Waals surface area contributed by atoms with Crippen LogP contribution in [0.15, 0.2) is 30.3 Å². The van der Waals surface area contributed by atoms with Gasteiger partial charge >= 0.3 is 0 Å². The summed E-state index contributed by atoms with van der Waals surface area (Å²) in [6.45, 7) is 5.98. The topological polar surface area (TPSA) is 60.4 Å². The monoisotopic (exact) mass is 304 g/mol. The van der Waals surface area contributed by atoms with Gasteiger partial charge in [-0.2, -0.15) is 0 Å². The molecule has 0 fully saturated rings. The van der Waals surface area contributed by atoms with Gasteiger partial charge in [0.25, 0.3) is 0 Å². The van der Waals surface area contributed by atoms with Crippen LogP contribution in [0.25, 0.3) is 0 Å². The minimum Gasteiger partial charge on any atom is -0.530 e. The first-order chi connectivity index (χ1) is 10.5. The summed E-state index contributed by atoms with van der Waals surface area (Å²) in [5.41, 5.74) is 1.06. The van der Waals surface area contributed by atoms with E-state index in [2.05, 4.69) is 0 Å². The van der Waals surface area contributed by atoms with Crippen LogP contribution in [0.2, 0.25) is 0 Å². The molecule has 4 heteroatoms. The molecular formula is C18H26NO3-. The summed E-state index contributed by atoms with van der Waals surface area (Å²) >= 11 is 0. The quantitative estimate of drug-likeness (QED) is 0.659. The number of carboxylic acid groups (broad SMARTS) is 1. The second-order valence-corrected chi connectivity index (χ2v) is 6.02. The number of rotatable bonds is 9. The molecule has 0 heterocycles. The van der Waals surface area contributed by atoms with Crippen molar-refractivity contribution in [1.82, 2.24) is 4.90 Å². The highest BCUT2D eigenvalue weighted by molar-refractivity contribution is 5.70. The van der Waals surface area contributed by atoms with E-state index < -0.39 is 12.1 Å². The van der Waals surface area contributed by atoms with E-state index >= 15 is 0 Å². The van der Waals surface area contributed by atoms with Crippen molar-refractivity contribution in [1.29, 1.82) is 0 Å². The van der Waals surface area contributed by atoms with Crippen LogP contribution >= 0.6 is 0 Å². The van der Waals surface area contributed by atoms with Crippen molar-refractivity contribution in [3.05, 3.63) is 35.9 Å². The van der Waals surface area contributed by atoms with Gasteiger partial charge in [-0.1, -0.05) is 63.9 Å². The zero-order valence-corrected chi connectivity index (χ0v) is 13.7. The van der Waals surface area contributed by atoms with E-state index in [4.69, 9.17) is 0 Å². The molecule has 1 aromatic rings. The lowest BCUT2D eigenvalue weighted by Gasteiger charge is -2.40. The fourth-order valence-corrected chi connectivity index (χ4v) is 2.71. The lowest BCUT2D eigenvalue weighted by atomic mass is 9.93. The van der Waals surface area contributed by atoms with Crippen LogP contribution in [0, 0.1) is 5.92 Å². The van der Waals surface area contributed by atoms with Gasteiger partial charge in [0.2, 0.25) is 0 Å². The first-order valence-corrected chi connectivity index (χ1v) is 7.99. The number of nitrogens with zero attached hydrogens (tertiary/aromatic N) is 1. The van der Waals surface area contributed by atoms with Gasteiger partial charge in [0, 0.05) is 6.04 Å². The van der Waals surface area contributed by atoms with Crippen LogP contribution in [0.1, 0.15) is 45.6 Å². The third-order valence-corrected chi connectivity index (χ3v) is 3.99. The Hall–Kier alpha value is -1.84. The van der Waals surface area contributed by atoms with Crippen LogP contribution in [0.4, 0.5) is 4.79 Å². The van der Waals surface area contributed by atoms with E-state index in [1.54, 1.807) is 0 Å². The van der Waals surface area contributed by atoms with Crippen molar-refractivity contribution < 1.29 is 14.7 Å². The Labute approximate surface area is 133 Å². The molecule has 0 N–H and O–H groups in total. The maximum absolute atomic E-state index is 11.7. The highest BCUT2D eigenvalue weighted by Gasteiger charge is 2.28. The first-order valence-electron chi connectivity index (χ1n) is 7.99. The molecule has 0 aliphatic rings. The average molecular weight is 304 g/mol. The molecule has 0 aliphatic carbocycles. The zero-order chi connectivity index (χ0) is 16.5. The third kappa shape index (κ3) is 5.17. The summed E-state index contributed by atoms with van der Waals surface area (Å²) in [4.78, 5) is 24.3. The molecule has 0 bridgehead atoms. The number of hydrogen-bond acceptors (Lipinski definition) is 3. The van der Waals surface area contributed by atoms with Crippen LogP contribution in [-0.2, 0) is 11.2 Å². The summed E-state index contributed by atoms with van der Waals surface area (Å²) in [5, 5.41) is 11.7. The standard InChI is InChI=1S/C18H27NO3/c1-4-5-11-16(13-20)19(18(21)22)17(14(2)3)12-15-9-7-6-8-10-15/h6-10,13-14,16-17H,4-5,11-12H2,1-3H3,(H,21,22)/p-1/t16-,17+/m0/s1. The zero-order valence-electron chi connectivity index (χ0n) is 13.7. The molecule has 0 saturated carbocycles. The summed E-state index contributed by atoms with van der Waals surface area (Å²) in [6.07, 6.45) is 2.36. The molecule has 0 radical (unpaired) electrons. The van der Waals surface area contributed by atoms with Crippen LogP contribution < -0.4 is 5.11 Å². The average Bonchev–Trinajstić information content (AvgIpc) is 2.50. The van der Waals surface area contributed by atoms with E-state index in [9.17, 15) is 14.7 Å². The molecule has 4 nitrogen and oxygen atoms in total. The molecule has 1 amide bonds. The Morgan fingerprint density at radius 3 is 2.36 bits per heavy atom. The van der Waals surface area contributed by atoms with E-state index in [0.717, 1.165) is 24.7 Å². The smallest absolute Gasteiger partial charge is 0.142 e. The number of hydrogen-bond donors (Lipinski definition) is 0. The second kappa shape index (κ2) is 9.23. The lowest BCUT2D eigenvalue weighted by Crippen LogP contribution is -2.55. The van der Waals surface area contributed by atoms with Gasteiger partial charge in [-0.05, 0) is 24.3 Å². The maximum atomic E-state index is 11.7. The molecule has 0 aliphatic heterocycles. The Bertz CT molecular complexity index is 459. The van der Waals surface area contributed by atoms with Crippen molar-refractivity contribution >= 4 is 12.4 Å². The SMILES string of the molecule is CCCC[C@@H](C=O)N(C(=O)[O-])[C@H](Cc1ccccc1)C(C)C. The maximum Gasteiger partial charge on any atom is 0.142 e. The molecule has 22 heavy (non-hydrogen) atoms. The lowest BCUT2D eigenvalue weighted by molar-refractivity contribution is -0.271. The predicted molar refractivity (Wildman–Crippen MR) is 85.4 cm³/mol. The van der Waals surface area contributed by atoms with Gasteiger partial charge < -0.3 is 19.6 Å². The van der Waals surface area contributed by atoms with Gasteiger partial charge in [-0.3, -0.25) is 0 Å². The van der Waals surface area contributed by atoms with Gasteiger partial charge in [0.1, 0.15) is 12.4 Å². The Morgan fingerprint density at radius 1 is 1.27 bits per heavy atom. The molecule has 1 rings (SSSR count). The summed E-state index contributed by atoms with van der Waals surface area (Å²) < 4.78 is 0. The Morgan fingerprint density at radius 2 is 1.91 bits per heavy atom. The summed E-state index contributed by atoms with van der Waals surface area (Å²) in [5.74, 6) is 0.0992. The molecule has 0 aromatic heterocycles. The van der Waals surface area contributed by atoms with E-state index in [1.165, 1.54) is 4.90 Å². The third-order valence-electron chi connectivity index (χ3n) is 3.99. The molecule has 0 saturated heterocycles. The number of carbonyl (C=O) groups excluding carboxylic acids is 2. The predicted octanol–water partition coefficient (Wildman–Crippen LogP) is 2.66. The number of carbonyl (C=O) groups is 2. The molecule has 122 valence electrons. The van der Waals surface area contributed by atoms with E-state index in [1.807, 2.05) is 51.1 Å². The minimum atomic E-state index is -1.26. The van der Waals surface area contributed by atoms with E-state index in [0.29, 0.717) is 12.8 Å². The highest BCUT2D eigenvalue weighted by atomic mass is 16.4. The largest absolute Gasteiger partial charge is 0.530 e. The van der Waals surface area contributed by atoms with E-state index in [-0.39, 0.29) is 12.0 Å². The number of benzene rings is 1. The van der Waals surface area contributed by atoms with Crippen molar-refractivity contribution in [3.63, 3.8) is 0 Å². The fraction of sp³-hybridized carbons (Fsp3) is 0.556. The Kier molecular flexibility index (Phi) is 7.64. The Balaban J connectivity index is 3.00. The first kappa shape index (κ1) is 18.2. The van der Waals surface area contributed by atoms with Gasteiger partial charge in [-0.15, -0.1) is 0 Å². The summed E-state index contributed by atoms with van der Waals surface area (Å²) in [7, 11) is 0. The second-order valence-electron chi connectivity index (χ2n) is 6.02. The molecule has 0 spiro atoms. The van der Waals surface area contributed by atoms with Crippen LogP contribution in [-0.4, -0.2) is 29.4 Å². The number of unbranched alkanes of at least 4 members (excludes halogenated alkanes) is 1. The van der Waals surface area contributed by atoms with Crippen molar-refractivity contribution in [2.75, 3.05) is 0 Å². The number of aldehydes is 1. The minimum absolute atomic E-state index is 0.0992. The van der Waals surface area contributed by atoms with Gasteiger partial charge in [0.05, 0.1) is 6.04 Å².